The molecule has 3 aromatic heterocycles. The second-order valence-corrected chi connectivity index (χ2v) is 7.42. The van der Waals surface area contributed by atoms with Crippen LogP contribution in [-0.2, 0) is 6.54 Å². The summed E-state index contributed by atoms with van der Waals surface area (Å²) in [5, 5.41) is 7.64. The van der Waals surface area contributed by atoms with Crippen LogP contribution in [0.4, 0.5) is 0 Å². The molecule has 0 radical (unpaired) electrons. The Morgan fingerprint density at radius 2 is 1.77 bits per heavy atom. The van der Waals surface area contributed by atoms with Crippen LogP contribution in [0, 0.1) is 13.8 Å². The van der Waals surface area contributed by atoms with E-state index in [1.54, 1.807) is 0 Å². The molecular weight excluding hydrogens is 376 g/mol. The minimum absolute atomic E-state index is 0.215. The van der Waals surface area contributed by atoms with Crippen LogP contribution in [0.5, 0.6) is 0 Å². The van der Waals surface area contributed by atoms with Crippen LogP contribution in [0.25, 0.3) is 27.8 Å². The molecule has 0 aliphatic heterocycles. The number of aromatic nitrogens is 3. The van der Waals surface area contributed by atoms with Gasteiger partial charge >= 0.3 is 0 Å². The number of imidazole rings is 1. The van der Waals surface area contributed by atoms with Gasteiger partial charge in [-0.2, -0.15) is 0 Å². The minimum Gasteiger partial charge on any atom is -0.350 e. The Kier molecular flexibility index (Phi) is 4.32. The van der Waals surface area contributed by atoms with Crippen molar-refractivity contribution in [2.24, 2.45) is 0 Å². The Balaban J connectivity index is 1.52. The van der Waals surface area contributed by atoms with E-state index in [4.69, 9.17) is 9.51 Å². The first-order valence-corrected chi connectivity index (χ1v) is 9.77. The molecule has 0 saturated carbocycles. The molecule has 0 aliphatic rings. The molecule has 5 rings (SSSR count). The first kappa shape index (κ1) is 18.1. The van der Waals surface area contributed by atoms with E-state index < -0.39 is 0 Å². The van der Waals surface area contributed by atoms with Crippen molar-refractivity contribution in [2.75, 3.05) is 0 Å². The Bertz CT molecular complexity index is 1380. The molecule has 3 heterocycles. The molecule has 0 aliphatic carbocycles. The number of aryl methyl sites for hydroxylation is 2. The van der Waals surface area contributed by atoms with Crippen molar-refractivity contribution >= 4 is 22.5 Å². The molecule has 5 aromatic rings. The van der Waals surface area contributed by atoms with E-state index in [1.807, 2.05) is 53.9 Å². The highest BCUT2D eigenvalue weighted by Crippen LogP contribution is 2.26. The summed E-state index contributed by atoms with van der Waals surface area (Å²) in [6.07, 6.45) is 2.03. The second kappa shape index (κ2) is 7.15. The molecule has 6 nitrogen and oxygen atoms in total. The molecule has 1 amide bonds. The van der Waals surface area contributed by atoms with Crippen LogP contribution in [0.15, 0.2) is 71.4 Å². The number of nitrogens with zero attached hydrogens (tertiary/aromatic N) is 3. The third-order valence-corrected chi connectivity index (χ3v) is 5.20. The molecule has 0 spiro atoms. The van der Waals surface area contributed by atoms with Crippen molar-refractivity contribution < 1.29 is 9.32 Å². The first-order valence-electron chi connectivity index (χ1n) is 9.77. The van der Waals surface area contributed by atoms with E-state index >= 15 is 0 Å². The van der Waals surface area contributed by atoms with Gasteiger partial charge in [0.25, 0.3) is 5.91 Å². The van der Waals surface area contributed by atoms with Gasteiger partial charge in [0.05, 0.1) is 23.3 Å². The average Bonchev–Trinajstić information content (AvgIpc) is 3.34. The molecule has 0 atom stereocenters. The maximum absolute atomic E-state index is 12.8. The predicted molar refractivity (Wildman–Crippen MR) is 115 cm³/mol. The Morgan fingerprint density at radius 1 is 1.00 bits per heavy atom. The molecule has 0 saturated heterocycles. The van der Waals surface area contributed by atoms with Crippen molar-refractivity contribution in [3.63, 3.8) is 0 Å². The summed E-state index contributed by atoms with van der Waals surface area (Å²) < 4.78 is 7.33. The Morgan fingerprint density at radius 3 is 2.60 bits per heavy atom. The van der Waals surface area contributed by atoms with E-state index in [9.17, 15) is 4.79 Å². The summed E-state index contributed by atoms with van der Waals surface area (Å²) in [6, 6.07) is 19.6. The number of nitrogens with one attached hydrogen (secondary N) is 1. The van der Waals surface area contributed by atoms with E-state index in [0.717, 1.165) is 28.2 Å². The van der Waals surface area contributed by atoms with Gasteiger partial charge in [-0.25, -0.2) is 4.98 Å². The van der Waals surface area contributed by atoms with Crippen molar-refractivity contribution in [3.05, 3.63) is 89.4 Å². The van der Waals surface area contributed by atoms with Gasteiger partial charge in [0.1, 0.15) is 11.2 Å². The number of hydrogen-bond acceptors (Lipinski definition) is 4. The zero-order valence-corrected chi connectivity index (χ0v) is 16.7. The minimum atomic E-state index is -0.304. The Labute approximate surface area is 173 Å². The number of amides is 1. The zero-order chi connectivity index (χ0) is 20.7. The molecule has 0 fully saturated rings. The zero-order valence-electron chi connectivity index (χ0n) is 16.7. The van der Waals surface area contributed by atoms with Gasteiger partial charge in [0.2, 0.25) is 5.76 Å². The normalized spacial score (nSPS) is 11.3. The lowest BCUT2D eigenvalue weighted by atomic mass is 10.1. The topological polar surface area (TPSA) is 72.4 Å². The molecule has 0 bridgehead atoms. The Hall–Kier alpha value is -3.93. The number of carbonyl (C=O) groups excluding carboxylic acids is 1. The molecule has 2 aromatic carbocycles. The standard InChI is InChI=1S/C24H20N4O2/c1-15-7-10-17(11-8-15)22-20(28-14-16(2)9-12-21(28)26-22)13-25-24(29)23-18-5-3-4-6-19(18)27-30-23/h3-12,14H,13H2,1-2H3,(H,25,29). The van der Waals surface area contributed by atoms with Crippen LogP contribution in [0.3, 0.4) is 0 Å². The number of benzene rings is 2. The highest BCUT2D eigenvalue weighted by atomic mass is 16.5. The van der Waals surface area contributed by atoms with Crippen LogP contribution >= 0.6 is 0 Å². The van der Waals surface area contributed by atoms with Crippen molar-refractivity contribution in [1.82, 2.24) is 19.9 Å². The maximum Gasteiger partial charge on any atom is 0.290 e. The monoisotopic (exact) mass is 396 g/mol. The second-order valence-electron chi connectivity index (χ2n) is 7.42. The summed E-state index contributed by atoms with van der Waals surface area (Å²) >= 11 is 0. The summed E-state index contributed by atoms with van der Waals surface area (Å²) in [5.74, 6) is -0.0892. The van der Waals surface area contributed by atoms with Crippen LogP contribution < -0.4 is 5.32 Å². The van der Waals surface area contributed by atoms with Crippen molar-refractivity contribution in [1.29, 1.82) is 0 Å². The third-order valence-electron chi connectivity index (χ3n) is 5.20. The van der Waals surface area contributed by atoms with E-state index in [-0.39, 0.29) is 11.7 Å². The number of rotatable bonds is 4. The lowest BCUT2D eigenvalue weighted by Crippen LogP contribution is -2.23. The van der Waals surface area contributed by atoms with Crippen molar-refractivity contribution in [3.8, 4) is 11.3 Å². The van der Waals surface area contributed by atoms with Crippen molar-refractivity contribution in [2.45, 2.75) is 20.4 Å². The van der Waals surface area contributed by atoms with Crippen LogP contribution in [-0.4, -0.2) is 20.4 Å². The van der Waals surface area contributed by atoms with E-state index in [0.29, 0.717) is 17.4 Å². The predicted octanol–water partition coefficient (Wildman–Crippen LogP) is 4.69. The number of hydrogen-bond donors (Lipinski definition) is 1. The van der Waals surface area contributed by atoms with Gasteiger partial charge < -0.3 is 14.2 Å². The summed E-state index contributed by atoms with van der Waals surface area (Å²) in [5.41, 5.74) is 6.57. The van der Waals surface area contributed by atoms with Crippen LogP contribution in [0.2, 0.25) is 0 Å². The van der Waals surface area contributed by atoms with E-state index in [1.165, 1.54) is 5.56 Å². The summed E-state index contributed by atoms with van der Waals surface area (Å²) in [7, 11) is 0. The maximum atomic E-state index is 12.8. The summed E-state index contributed by atoms with van der Waals surface area (Å²) in [6.45, 7) is 4.40. The highest BCUT2D eigenvalue weighted by molar-refractivity contribution is 6.03. The smallest absolute Gasteiger partial charge is 0.290 e. The molecular formula is C24H20N4O2. The number of pyridine rings is 1. The molecule has 1 N–H and O–H groups in total. The largest absolute Gasteiger partial charge is 0.350 e. The number of fused-ring (bicyclic) bond motifs is 2. The van der Waals surface area contributed by atoms with Gasteiger partial charge in [-0.15, -0.1) is 0 Å². The molecule has 6 heteroatoms. The van der Waals surface area contributed by atoms with Gasteiger partial charge in [-0.1, -0.05) is 53.2 Å². The summed E-state index contributed by atoms with van der Waals surface area (Å²) in [4.78, 5) is 17.7. The third kappa shape index (κ3) is 3.12. The van der Waals surface area contributed by atoms with Gasteiger partial charge in [-0.05, 0) is 37.6 Å². The fourth-order valence-electron chi connectivity index (χ4n) is 3.61. The fraction of sp³-hybridized carbons (Fsp3) is 0.125. The van der Waals surface area contributed by atoms with Crippen LogP contribution in [0.1, 0.15) is 27.4 Å². The van der Waals surface area contributed by atoms with E-state index in [2.05, 4.69) is 41.7 Å². The molecule has 30 heavy (non-hydrogen) atoms. The highest BCUT2D eigenvalue weighted by Gasteiger charge is 2.19. The van der Waals surface area contributed by atoms with Gasteiger partial charge in [0.15, 0.2) is 0 Å². The van der Waals surface area contributed by atoms with Gasteiger partial charge in [-0.3, -0.25) is 4.79 Å². The SMILES string of the molecule is Cc1ccc(-c2nc3ccc(C)cn3c2CNC(=O)c2onc3ccccc23)cc1. The molecule has 148 valence electrons. The number of carbonyl (C=O) groups is 1. The first-order chi connectivity index (χ1) is 14.6. The fourth-order valence-corrected chi connectivity index (χ4v) is 3.61. The lowest BCUT2D eigenvalue weighted by molar-refractivity contribution is 0.0916. The molecule has 0 unspecified atom stereocenters. The van der Waals surface area contributed by atoms with Gasteiger partial charge in [0, 0.05) is 11.8 Å². The quantitative estimate of drug-likeness (QED) is 0.478. The average molecular weight is 396 g/mol. The lowest BCUT2D eigenvalue weighted by Gasteiger charge is -2.08.